The normalized spacial score (nSPS) is 57.1. The Hall–Kier alpha value is -0.160. The lowest BCUT2D eigenvalue weighted by Crippen LogP contribution is -2.63. The molecule has 0 aromatic rings. The number of fused-ring (bicyclic) bond motifs is 6. The van der Waals surface area contributed by atoms with Crippen LogP contribution in [0.3, 0.4) is 0 Å². The molecule has 7 atom stereocenters. The zero-order valence-corrected chi connectivity index (χ0v) is 15.8. The van der Waals surface area contributed by atoms with Crippen molar-refractivity contribution in [3.05, 3.63) is 0 Å². The van der Waals surface area contributed by atoms with Gasteiger partial charge in [-0.3, -0.25) is 0 Å². The number of aliphatic hydroxyl groups excluding tert-OH is 1. The Balaban J connectivity index is 1.48. The van der Waals surface area contributed by atoms with E-state index in [1.807, 2.05) is 0 Å². The highest BCUT2D eigenvalue weighted by Crippen LogP contribution is 2.70. The molecule has 1 aliphatic heterocycles. The molecule has 5 fully saturated rings. The minimum Gasteiger partial charge on any atom is -0.393 e. The summed E-state index contributed by atoms with van der Waals surface area (Å²) in [4.78, 5) is 0. The summed E-state index contributed by atoms with van der Waals surface area (Å²) >= 11 is 0. The Kier molecular flexibility index (Phi) is 3.54. The molecule has 1 spiro atoms. The van der Waals surface area contributed by atoms with Gasteiger partial charge in [0.15, 0.2) is 5.79 Å². The van der Waals surface area contributed by atoms with Gasteiger partial charge in [0, 0.05) is 18.3 Å². The molecule has 4 nitrogen and oxygen atoms in total. The molecular weight excluding hydrogens is 316 g/mol. The van der Waals surface area contributed by atoms with E-state index in [1.165, 1.54) is 12.8 Å². The molecule has 1 saturated heterocycles. The first-order chi connectivity index (χ1) is 11.8. The summed E-state index contributed by atoms with van der Waals surface area (Å²) in [6.07, 6.45) is 8.57. The van der Waals surface area contributed by atoms with E-state index in [0.29, 0.717) is 24.2 Å². The van der Waals surface area contributed by atoms with Gasteiger partial charge in [-0.2, -0.15) is 0 Å². The zero-order chi connectivity index (χ0) is 17.5. The van der Waals surface area contributed by atoms with E-state index in [-0.39, 0.29) is 22.7 Å². The molecule has 25 heavy (non-hydrogen) atoms. The van der Waals surface area contributed by atoms with Gasteiger partial charge >= 0.3 is 0 Å². The van der Waals surface area contributed by atoms with Crippen LogP contribution in [0.5, 0.6) is 0 Å². The van der Waals surface area contributed by atoms with Crippen LogP contribution in [-0.4, -0.2) is 40.9 Å². The number of ether oxygens (including phenoxy) is 2. The maximum atomic E-state index is 11.5. The van der Waals surface area contributed by atoms with E-state index >= 15 is 0 Å². The smallest absolute Gasteiger partial charge is 0.174 e. The zero-order valence-electron chi connectivity index (χ0n) is 15.8. The van der Waals surface area contributed by atoms with Gasteiger partial charge in [-0.25, -0.2) is 0 Å². The van der Waals surface area contributed by atoms with Gasteiger partial charge in [-0.15, -0.1) is 0 Å². The quantitative estimate of drug-likeness (QED) is 0.704. The van der Waals surface area contributed by atoms with Crippen molar-refractivity contribution in [2.75, 3.05) is 13.2 Å². The van der Waals surface area contributed by atoms with Crippen LogP contribution in [0.25, 0.3) is 0 Å². The highest BCUT2D eigenvalue weighted by atomic mass is 16.7. The molecule has 4 saturated carbocycles. The van der Waals surface area contributed by atoms with Crippen LogP contribution in [0.4, 0.5) is 0 Å². The minimum atomic E-state index is -0.670. The topological polar surface area (TPSA) is 58.9 Å². The fraction of sp³-hybridized carbons (Fsp3) is 1.00. The second-order valence-electron chi connectivity index (χ2n) is 10.2. The lowest BCUT2D eigenvalue weighted by Gasteiger charge is -2.64. The van der Waals surface area contributed by atoms with Crippen molar-refractivity contribution < 1.29 is 19.7 Å². The van der Waals surface area contributed by atoms with Crippen molar-refractivity contribution in [1.82, 2.24) is 0 Å². The Morgan fingerprint density at radius 2 is 1.44 bits per heavy atom. The third kappa shape index (κ3) is 1.98. The van der Waals surface area contributed by atoms with Crippen molar-refractivity contribution >= 4 is 0 Å². The molecule has 0 radical (unpaired) electrons. The van der Waals surface area contributed by atoms with Crippen molar-refractivity contribution in [3.8, 4) is 0 Å². The summed E-state index contributed by atoms with van der Waals surface area (Å²) < 4.78 is 12.4. The lowest BCUT2D eigenvalue weighted by molar-refractivity contribution is -0.262. The molecule has 7 unspecified atom stereocenters. The van der Waals surface area contributed by atoms with Crippen molar-refractivity contribution in [3.63, 3.8) is 0 Å². The summed E-state index contributed by atoms with van der Waals surface area (Å²) in [6, 6.07) is 0. The molecule has 4 heteroatoms. The standard InChI is InChI=1S/C21H34O4/c1-18-7-3-14(22)13-20(18,23)9-4-15-16(18)5-8-19(2)17(15)6-10-21(19)24-11-12-25-21/h14-17,22-23H,3-13H2,1-2H3. The van der Waals surface area contributed by atoms with Crippen molar-refractivity contribution in [1.29, 1.82) is 0 Å². The second kappa shape index (κ2) is 5.21. The molecule has 0 amide bonds. The largest absolute Gasteiger partial charge is 0.393 e. The highest BCUT2D eigenvalue weighted by Gasteiger charge is 2.69. The van der Waals surface area contributed by atoms with Crippen LogP contribution < -0.4 is 0 Å². The first-order valence-electron chi connectivity index (χ1n) is 10.5. The predicted molar refractivity (Wildman–Crippen MR) is 93.8 cm³/mol. The van der Waals surface area contributed by atoms with E-state index < -0.39 is 5.60 Å². The van der Waals surface area contributed by atoms with Gasteiger partial charge < -0.3 is 19.7 Å². The predicted octanol–water partition coefficient (Wildman–Crippen LogP) is 3.25. The van der Waals surface area contributed by atoms with E-state index in [4.69, 9.17) is 9.47 Å². The van der Waals surface area contributed by atoms with E-state index in [2.05, 4.69) is 13.8 Å². The van der Waals surface area contributed by atoms with E-state index in [0.717, 1.165) is 51.7 Å². The summed E-state index contributed by atoms with van der Waals surface area (Å²) in [7, 11) is 0. The molecule has 0 aromatic carbocycles. The van der Waals surface area contributed by atoms with Gasteiger partial charge in [0.2, 0.25) is 0 Å². The maximum absolute atomic E-state index is 11.5. The molecule has 1 heterocycles. The molecule has 5 rings (SSSR count). The average Bonchev–Trinajstić information content (AvgIpc) is 3.16. The summed E-state index contributed by atoms with van der Waals surface area (Å²) in [5.74, 6) is 1.57. The molecule has 0 aromatic heterocycles. The van der Waals surface area contributed by atoms with Crippen LogP contribution >= 0.6 is 0 Å². The molecule has 142 valence electrons. The molecular formula is C21H34O4. The summed E-state index contributed by atoms with van der Waals surface area (Å²) in [5, 5.41) is 21.6. The van der Waals surface area contributed by atoms with Gasteiger partial charge in [-0.1, -0.05) is 13.8 Å². The summed E-state index contributed by atoms with van der Waals surface area (Å²) in [5.41, 5.74) is -0.579. The van der Waals surface area contributed by atoms with Crippen molar-refractivity contribution in [2.45, 2.75) is 89.1 Å². The third-order valence-electron chi connectivity index (χ3n) is 9.58. The van der Waals surface area contributed by atoms with Crippen LogP contribution in [0, 0.1) is 28.6 Å². The van der Waals surface area contributed by atoms with Gasteiger partial charge in [0.1, 0.15) is 0 Å². The molecule has 0 bridgehead atoms. The van der Waals surface area contributed by atoms with E-state index in [9.17, 15) is 10.2 Å². The van der Waals surface area contributed by atoms with Crippen LogP contribution in [-0.2, 0) is 9.47 Å². The lowest BCUT2D eigenvalue weighted by atomic mass is 9.43. The Labute approximate surface area is 151 Å². The minimum absolute atomic E-state index is 0.0381. The van der Waals surface area contributed by atoms with Crippen LogP contribution in [0.15, 0.2) is 0 Å². The average molecular weight is 350 g/mol. The van der Waals surface area contributed by atoms with Crippen LogP contribution in [0.2, 0.25) is 0 Å². The fourth-order valence-corrected chi connectivity index (χ4v) is 8.11. The van der Waals surface area contributed by atoms with Gasteiger partial charge in [0.05, 0.1) is 24.9 Å². The SMILES string of the molecule is CC12CCC(O)CC1(O)CCC1C2CCC2(C)C1CCC21OCCO1. The Bertz CT molecular complexity index is 558. The number of hydrogen-bond acceptors (Lipinski definition) is 4. The first-order valence-corrected chi connectivity index (χ1v) is 10.5. The van der Waals surface area contributed by atoms with E-state index in [1.54, 1.807) is 0 Å². The number of aliphatic hydroxyl groups is 2. The second-order valence-corrected chi connectivity index (χ2v) is 10.2. The number of rotatable bonds is 0. The van der Waals surface area contributed by atoms with Crippen LogP contribution in [0.1, 0.15) is 71.6 Å². The fourth-order valence-electron chi connectivity index (χ4n) is 8.11. The third-order valence-corrected chi connectivity index (χ3v) is 9.58. The maximum Gasteiger partial charge on any atom is 0.174 e. The highest BCUT2D eigenvalue weighted by molar-refractivity contribution is 5.16. The van der Waals surface area contributed by atoms with Gasteiger partial charge in [0.25, 0.3) is 0 Å². The molecule has 5 aliphatic rings. The number of hydrogen-bond donors (Lipinski definition) is 2. The molecule has 4 aliphatic carbocycles. The van der Waals surface area contributed by atoms with Gasteiger partial charge in [-0.05, 0) is 68.1 Å². The first kappa shape index (κ1) is 17.0. The summed E-state index contributed by atoms with van der Waals surface area (Å²) in [6.45, 7) is 6.23. The Morgan fingerprint density at radius 1 is 0.800 bits per heavy atom. The monoisotopic (exact) mass is 350 g/mol. The van der Waals surface area contributed by atoms with Crippen molar-refractivity contribution in [2.24, 2.45) is 28.6 Å². The Morgan fingerprint density at radius 3 is 2.20 bits per heavy atom. The molecule has 2 N–H and O–H groups in total.